The molecule has 1 aromatic carbocycles. The summed E-state index contributed by atoms with van der Waals surface area (Å²) in [5, 5.41) is 11.3. The Balaban J connectivity index is 1.48. The van der Waals surface area contributed by atoms with Gasteiger partial charge in [0, 0.05) is 30.1 Å². The largest absolute Gasteiger partial charge is 0.356 e. The Morgan fingerprint density at radius 2 is 2.00 bits per heavy atom. The van der Waals surface area contributed by atoms with Gasteiger partial charge in [0.1, 0.15) is 12.1 Å². The molecule has 2 heterocycles. The Kier molecular flexibility index (Phi) is 8.46. The Morgan fingerprint density at radius 3 is 2.71 bits per heavy atom. The third-order valence-corrected chi connectivity index (χ3v) is 6.62. The first-order chi connectivity index (χ1) is 16.1. The van der Waals surface area contributed by atoms with Crippen LogP contribution in [0.5, 0.6) is 0 Å². The third kappa shape index (κ3) is 6.88. The van der Waals surface area contributed by atoms with E-state index in [0.717, 1.165) is 4.90 Å². The lowest BCUT2D eigenvalue weighted by atomic mass is 9.92. The summed E-state index contributed by atoms with van der Waals surface area (Å²) >= 11 is 1.58. The number of anilines is 1. The van der Waals surface area contributed by atoms with Gasteiger partial charge in [0.25, 0.3) is 0 Å². The molecule has 34 heavy (non-hydrogen) atoms. The molecule has 1 aromatic rings. The van der Waals surface area contributed by atoms with Gasteiger partial charge in [0.05, 0.1) is 6.04 Å². The second-order valence-corrected chi connectivity index (χ2v) is 10.9. The number of piperazine rings is 1. The van der Waals surface area contributed by atoms with Gasteiger partial charge in [0.15, 0.2) is 0 Å². The molecule has 2 aliphatic heterocycles. The quantitative estimate of drug-likeness (QED) is 0.330. The van der Waals surface area contributed by atoms with E-state index >= 15 is 0 Å². The second-order valence-electron chi connectivity index (χ2n) is 9.99. The number of hydrogen-bond donors (Lipinski definition) is 4. The van der Waals surface area contributed by atoms with E-state index in [9.17, 15) is 19.2 Å². The summed E-state index contributed by atoms with van der Waals surface area (Å²) in [5.74, 6) is -0.407. The molecule has 2 saturated heterocycles. The molecule has 0 bridgehead atoms. The highest BCUT2D eigenvalue weighted by Crippen LogP contribution is 2.25. The lowest BCUT2D eigenvalue weighted by Crippen LogP contribution is -2.65. The van der Waals surface area contributed by atoms with Gasteiger partial charge in [0.2, 0.25) is 17.7 Å². The molecule has 2 fully saturated rings. The lowest BCUT2D eigenvalue weighted by Gasteiger charge is -2.36. The van der Waals surface area contributed by atoms with Gasteiger partial charge in [-0.15, -0.1) is 11.8 Å². The van der Waals surface area contributed by atoms with Gasteiger partial charge in [-0.1, -0.05) is 26.8 Å². The van der Waals surface area contributed by atoms with E-state index in [1.165, 1.54) is 0 Å². The summed E-state index contributed by atoms with van der Waals surface area (Å²) in [6, 6.07) is 5.32. The zero-order valence-corrected chi connectivity index (χ0v) is 21.1. The van der Waals surface area contributed by atoms with E-state index in [0.29, 0.717) is 44.5 Å². The van der Waals surface area contributed by atoms with Gasteiger partial charge in [-0.05, 0) is 49.1 Å². The second kappa shape index (κ2) is 11.1. The van der Waals surface area contributed by atoms with Crippen LogP contribution in [0.4, 0.5) is 10.5 Å². The summed E-state index contributed by atoms with van der Waals surface area (Å²) in [6.45, 7) is 6.89. The van der Waals surface area contributed by atoms with Crippen LogP contribution in [-0.2, 0) is 14.4 Å². The molecule has 4 N–H and O–H groups in total. The van der Waals surface area contributed by atoms with Crippen molar-refractivity contribution < 1.29 is 19.2 Å². The smallest absolute Gasteiger partial charge is 0.319 e. The Bertz CT molecular complexity index is 932. The van der Waals surface area contributed by atoms with Gasteiger partial charge < -0.3 is 26.2 Å². The van der Waals surface area contributed by atoms with Crippen molar-refractivity contribution in [3.63, 3.8) is 0 Å². The van der Waals surface area contributed by atoms with Crippen LogP contribution in [-0.4, -0.2) is 66.1 Å². The first kappa shape index (κ1) is 25.9. The minimum Gasteiger partial charge on any atom is -0.356 e. The fraction of sp³-hybridized carbons (Fsp3) is 0.583. The maximum absolute atomic E-state index is 13.0. The molecule has 186 valence electrons. The zero-order valence-electron chi connectivity index (χ0n) is 20.3. The standard InChI is InChI=1S/C24H35N5O4S/c1-24(2,3)14-19(30)25-11-6-9-18-22(32)29-12-10-17(20(29)21(31)27-18)28-23(33)26-15-7-5-8-16(13-15)34-4/h5,7-8,13,17-18,20H,6,9-12,14H2,1-4H3,(H,25,30)(H,27,31)(H2,26,28,33). The normalized spacial score (nSPS) is 22.1. The molecule has 3 unspecified atom stereocenters. The average molecular weight is 490 g/mol. The molecule has 3 atom stereocenters. The minimum atomic E-state index is -0.710. The van der Waals surface area contributed by atoms with Crippen molar-refractivity contribution in [3.05, 3.63) is 24.3 Å². The monoisotopic (exact) mass is 489 g/mol. The van der Waals surface area contributed by atoms with Gasteiger partial charge in [-0.2, -0.15) is 0 Å². The summed E-state index contributed by atoms with van der Waals surface area (Å²) in [7, 11) is 0. The maximum Gasteiger partial charge on any atom is 0.319 e. The van der Waals surface area contributed by atoms with Crippen LogP contribution in [0, 0.1) is 5.41 Å². The van der Waals surface area contributed by atoms with Crippen molar-refractivity contribution in [2.45, 2.75) is 69.5 Å². The molecule has 10 heteroatoms. The number of urea groups is 1. The number of fused-ring (bicyclic) bond motifs is 1. The molecular formula is C24H35N5O4S. The lowest BCUT2D eigenvalue weighted by molar-refractivity contribution is -0.147. The molecule has 9 nitrogen and oxygen atoms in total. The molecule has 0 radical (unpaired) electrons. The van der Waals surface area contributed by atoms with Gasteiger partial charge >= 0.3 is 6.03 Å². The predicted molar refractivity (Wildman–Crippen MR) is 133 cm³/mol. The van der Waals surface area contributed by atoms with Crippen molar-refractivity contribution in [2.75, 3.05) is 24.7 Å². The van der Waals surface area contributed by atoms with Crippen molar-refractivity contribution in [1.29, 1.82) is 0 Å². The number of benzene rings is 1. The van der Waals surface area contributed by atoms with Gasteiger partial charge in [-0.25, -0.2) is 4.79 Å². The highest BCUT2D eigenvalue weighted by molar-refractivity contribution is 7.98. The van der Waals surface area contributed by atoms with Crippen LogP contribution in [0.15, 0.2) is 29.2 Å². The van der Waals surface area contributed by atoms with Crippen LogP contribution in [0.25, 0.3) is 0 Å². The van der Waals surface area contributed by atoms with Crippen LogP contribution in [0.3, 0.4) is 0 Å². The Labute approximate surface area is 205 Å². The molecule has 3 rings (SSSR count). The van der Waals surface area contributed by atoms with E-state index in [2.05, 4.69) is 21.3 Å². The number of carbonyl (C=O) groups is 4. The Morgan fingerprint density at radius 1 is 1.24 bits per heavy atom. The van der Waals surface area contributed by atoms with E-state index in [1.54, 1.807) is 22.7 Å². The zero-order chi connectivity index (χ0) is 24.9. The van der Waals surface area contributed by atoms with E-state index in [-0.39, 0.29) is 23.1 Å². The molecule has 5 amide bonds. The molecule has 0 spiro atoms. The number of carbonyl (C=O) groups excluding carboxylic acids is 4. The minimum absolute atomic E-state index is 0.0153. The molecule has 0 aromatic heterocycles. The predicted octanol–water partition coefficient (Wildman–Crippen LogP) is 2.33. The number of rotatable bonds is 8. The van der Waals surface area contributed by atoms with E-state index in [1.807, 2.05) is 45.2 Å². The summed E-state index contributed by atoms with van der Waals surface area (Å²) in [6.07, 6.45) is 3.95. The topological polar surface area (TPSA) is 120 Å². The molecular weight excluding hydrogens is 454 g/mol. The molecule has 2 aliphatic rings. The van der Waals surface area contributed by atoms with Crippen molar-refractivity contribution in [2.24, 2.45) is 5.41 Å². The number of nitrogens with one attached hydrogen (secondary N) is 4. The van der Waals surface area contributed by atoms with E-state index in [4.69, 9.17) is 0 Å². The average Bonchev–Trinajstić information content (AvgIpc) is 3.17. The van der Waals surface area contributed by atoms with E-state index < -0.39 is 24.2 Å². The van der Waals surface area contributed by atoms with Crippen LogP contribution < -0.4 is 21.3 Å². The maximum atomic E-state index is 13.0. The highest BCUT2D eigenvalue weighted by atomic mass is 32.2. The molecule has 0 aliphatic carbocycles. The first-order valence-corrected chi connectivity index (χ1v) is 12.9. The van der Waals surface area contributed by atoms with Gasteiger partial charge in [-0.3, -0.25) is 14.4 Å². The van der Waals surface area contributed by atoms with Crippen molar-refractivity contribution in [1.82, 2.24) is 20.9 Å². The van der Waals surface area contributed by atoms with Crippen LogP contribution in [0.2, 0.25) is 0 Å². The van der Waals surface area contributed by atoms with Crippen molar-refractivity contribution >= 4 is 41.2 Å². The number of thioether (sulfide) groups is 1. The fourth-order valence-corrected chi connectivity index (χ4v) is 4.80. The van der Waals surface area contributed by atoms with Crippen LogP contribution >= 0.6 is 11.8 Å². The molecule has 0 saturated carbocycles. The fourth-order valence-electron chi connectivity index (χ4n) is 4.34. The summed E-state index contributed by atoms with van der Waals surface area (Å²) < 4.78 is 0. The van der Waals surface area contributed by atoms with Crippen molar-refractivity contribution in [3.8, 4) is 0 Å². The SMILES string of the molecule is CSc1cccc(NC(=O)NC2CCN3C(=O)C(CCCNC(=O)CC(C)(C)C)NC(=O)C23)c1. The third-order valence-electron chi connectivity index (χ3n) is 5.89. The van der Waals surface area contributed by atoms with Crippen LogP contribution in [0.1, 0.15) is 46.5 Å². The number of amides is 5. The number of hydrogen-bond acceptors (Lipinski definition) is 5. The summed E-state index contributed by atoms with van der Waals surface area (Å²) in [4.78, 5) is 52.8. The first-order valence-electron chi connectivity index (χ1n) is 11.7. The highest BCUT2D eigenvalue weighted by Gasteiger charge is 2.48. The number of nitrogens with zero attached hydrogens (tertiary/aromatic N) is 1. The Hall–Kier alpha value is -2.75. The summed E-state index contributed by atoms with van der Waals surface area (Å²) in [5.41, 5.74) is 0.584.